The molecule has 0 aromatic heterocycles. The molecule has 0 fully saturated rings. The molecule has 20 heavy (non-hydrogen) atoms. The third-order valence-electron chi connectivity index (χ3n) is 2.89. The van der Waals surface area contributed by atoms with Crippen molar-refractivity contribution >= 4 is 11.9 Å². The molecule has 0 aliphatic carbocycles. The van der Waals surface area contributed by atoms with Gasteiger partial charge in [-0.15, -0.1) is 0 Å². The van der Waals surface area contributed by atoms with Gasteiger partial charge in [-0.1, -0.05) is 0 Å². The van der Waals surface area contributed by atoms with Crippen molar-refractivity contribution in [2.24, 2.45) is 0 Å². The van der Waals surface area contributed by atoms with Gasteiger partial charge in [-0.3, -0.25) is 9.59 Å². The van der Waals surface area contributed by atoms with Crippen molar-refractivity contribution in [2.75, 3.05) is 14.2 Å². The predicted molar refractivity (Wildman–Crippen MR) is 67.0 cm³/mol. The number of aryl methyl sites for hydroxylation is 2. The summed E-state index contributed by atoms with van der Waals surface area (Å²) >= 11 is 0. The summed E-state index contributed by atoms with van der Waals surface area (Å²) in [6, 6.07) is 2.09. The molecule has 0 bridgehead atoms. The van der Waals surface area contributed by atoms with E-state index in [4.69, 9.17) is 0 Å². The van der Waals surface area contributed by atoms with E-state index < -0.39 is 23.6 Å². The minimum atomic E-state index is -0.980. The SMILES string of the molecule is COC(=O)CCc1cc(F)c(F)cc1CCC(=O)OC. The third-order valence-corrected chi connectivity index (χ3v) is 2.89. The lowest BCUT2D eigenvalue weighted by atomic mass is 9.98. The molecule has 0 spiro atoms. The van der Waals surface area contributed by atoms with Crippen LogP contribution in [0.15, 0.2) is 12.1 Å². The number of carbonyl (C=O) groups excluding carboxylic acids is 2. The van der Waals surface area contributed by atoms with Gasteiger partial charge in [0.1, 0.15) is 0 Å². The van der Waals surface area contributed by atoms with Crippen molar-refractivity contribution in [2.45, 2.75) is 25.7 Å². The number of ether oxygens (including phenoxy) is 2. The number of esters is 2. The molecule has 4 nitrogen and oxygen atoms in total. The molecule has 0 heterocycles. The van der Waals surface area contributed by atoms with Crippen molar-refractivity contribution < 1.29 is 27.8 Å². The van der Waals surface area contributed by atoms with Gasteiger partial charge in [0.15, 0.2) is 11.6 Å². The quantitative estimate of drug-likeness (QED) is 0.752. The predicted octanol–water partition coefficient (Wildman–Crippen LogP) is 2.18. The van der Waals surface area contributed by atoms with Crippen molar-refractivity contribution in [3.63, 3.8) is 0 Å². The van der Waals surface area contributed by atoms with Crippen LogP contribution in [0.2, 0.25) is 0 Å². The van der Waals surface area contributed by atoms with E-state index in [2.05, 4.69) is 9.47 Å². The maximum atomic E-state index is 13.2. The van der Waals surface area contributed by atoms with Crippen molar-refractivity contribution in [3.8, 4) is 0 Å². The molecule has 0 radical (unpaired) electrons. The van der Waals surface area contributed by atoms with Gasteiger partial charge in [-0.25, -0.2) is 8.78 Å². The Balaban J connectivity index is 2.86. The van der Waals surface area contributed by atoms with Gasteiger partial charge in [-0.05, 0) is 36.1 Å². The Labute approximate surface area is 115 Å². The standard InChI is InChI=1S/C14H16F2O4/c1-19-13(17)5-3-9-7-11(15)12(16)8-10(9)4-6-14(18)20-2/h7-8H,3-6H2,1-2H3. The fraction of sp³-hybridized carbons (Fsp3) is 0.429. The molecule has 1 aromatic rings. The number of hydrogen-bond acceptors (Lipinski definition) is 4. The Morgan fingerprint density at radius 2 is 1.25 bits per heavy atom. The molecule has 110 valence electrons. The molecular formula is C14H16F2O4. The average Bonchev–Trinajstić information content (AvgIpc) is 2.45. The highest BCUT2D eigenvalue weighted by molar-refractivity contribution is 5.70. The first-order valence-electron chi connectivity index (χ1n) is 6.08. The normalized spacial score (nSPS) is 10.2. The zero-order chi connectivity index (χ0) is 15.1. The smallest absolute Gasteiger partial charge is 0.305 e. The van der Waals surface area contributed by atoms with Crippen LogP contribution in [-0.2, 0) is 31.9 Å². The van der Waals surface area contributed by atoms with Gasteiger partial charge in [0.05, 0.1) is 14.2 Å². The summed E-state index contributed by atoms with van der Waals surface area (Å²) in [4.78, 5) is 22.2. The van der Waals surface area contributed by atoms with Gasteiger partial charge in [0.25, 0.3) is 0 Å². The Hall–Kier alpha value is -1.98. The van der Waals surface area contributed by atoms with E-state index in [1.54, 1.807) is 0 Å². The number of halogens is 2. The van der Waals surface area contributed by atoms with E-state index in [-0.39, 0.29) is 25.7 Å². The highest BCUT2D eigenvalue weighted by Crippen LogP contribution is 2.19. The Bertz CT molecular complexity index is 455. The topological polar surface area (TPSA) is 52.6 Å². The van der Waals surface area contributed by atoms with E-state index in [1.165, 1.54) is 14.2 Å². The number of benzene rings is 1. The van der Waals surface area contributed by atoms with Crippen LogP contribution in [0.25, 0.3) is 0 Å². The maximum absolute atomic E-state index is 13.2. The van der Waals surface area contributed by atoms with Crippen molar-refractivity contribution in [1.82, 2.24) is 0 Å². The lowest BCUT2D eigenvalue weighted by Crippen LogP contribution is -2.07. The lowest BCUT2D eigenvalue weighted by Gasteiger charge is -2.10. The minimum absolute atomic E-state index is 0.0623. The van der Waals surface area contributed by atoms with E-state index in [9.17, 15) is 18.4 Å². The molecule has 0 aliphatic rings. The van der Waals surface area contributed by atoms with Gasteiger partial charge in [-0.2, -0.15) is 0 Å². The molecule has 0 atom stereocenters. The van der Waals surface area contributed by atoms with Crippen LogP contribution < -0.4 is 0 Å². The highest BCUT2D eigenvalue weighted by Gasteiger charge is 2.13. The molecule has 0 aliphatic heterocycles. The Morgan fingerprint density at radius 3 is 1.55 bits per heavy atom. The van der Waals surface area contributed by atoms with E-state index >= 15 is 0 Å². The lowest BCUT2D eigenvalue weighted by molar-refractivity contribution is -0.141. The summed E-state index contributed by atoms with van der Waals surface area (Å²) in [5.41, 5.74) is 0.969. The van der Waals surface area contributed by atoms with E-state index in [1.807, 2.05) is 0 Å². The second-order valence-electron chi connectivity index (χ2n) is 4.19. The number of methoxy groups -OCH3 is 2. The Kier molecular flexibility index (Phi) is 6.09. The number of rotatable bonds is 6. The summed E-state index contributed by atoms with van der Waals surface area (Å²) in [5.74, 6) is -2.83. The van der Waals surface area contributed by atoms with Crippen molar-refractivity contribution in [1.29, 1.82) is 0 Å². The fourth-order valence-electron chi connectivity index (χ4n) is 1.77. The molecule has 6 heteroatoms. The van der Waals surface area contributed by atoms with Gasteiger partial charge in [0.2, 0.25) is 0 Å². The molecular weight excluding hydrogens is 270 g/mol. The first kappa shape index (κ1) is 16.1. The molecule has 1 aromatic carbocycles. The molecule has 0 unspecified atom stereocenters. The van der Waals surface area contributed by atoms with Gasteiger partial charge in [0, 0.05) is 12.8 Å². The molecule has 0 amide bonds. The van der Waals surface area contributed by atoms with Crippen molar-refractivity contribution in [3.05, 3.63) is 34.9 Å². The zero-order valence-corrected chi connectivity index (χ0v) is 11.4. The summed E-state index contributed by atoms with van der Waals surface area (Å²) in [6.07, 6.45) is 0.570. The fourth-order valence-corrected chi connectivity index (χ4v) is 1.77. The first-order valence-corrected chi connectivity index (χ1v) is 6.08. The Morgan fingerprint density at radius 1 is 0.900 bits per heavy atom. The van der Waals surface area contributed by atoms with Crippen LogP contribution in [0, 0.1) is 11.6 Å². The second kappa shape index (κ2) is 7.57. The van der Waals surface area contributed by atoms with Gasteiger partial charge < -0.3 is 9.47 Å². The number of carbonyl (C=O) groups is 2. The average molecular weight is 286 g/mol. The monoisotopic (exact) mass is 286 g/mol. The van der Waals surface area contributed by atoms with Crippen LogP contribution in [0.1, 0.15) is 24.0 Å². The van der Waals surface area contributed by atoms with E-state index in [0.29, 0.717) is 11.1 Å². The van der Waals surface area contributed by atoms with Crippen LogP contribution in [0.3, 0.4) is 0 Å². The van der Waals surface area contributed by atoms with Crippen LogP contribution >= 0.6 is 0 Å². The second-order valence-corrected chi connectivity index (χ2v) is 4.19. The maximum Gasteiger partial charge on any atom is 0.305 e. The summed E-state index contributed by atoms with van der Waals surface area (Å²) in [6.45, 7) is 0. The molecule has 0 saturated heterocycles. The molecule has 0 saturated carbocycles. The van der Waals surface area contributed by atoms with Gasteiger partial charge >= 0.3 is 11.9 Å². The largest absolute Gasteiger partial charge is 0.469 e. The zero-order valence-electron chi connectivity index (χ0n) is 11.4. The summed E-state index contributed by atoms with van der Waals surface area (Å²) in [7, 11) is 2.51. The highest BCUT2D eigenvalue weighted by atomic mass is 19.2. The summed E-state index contributed by atoms with van der Waals surface area (Å²) in [5, 5.41) is 0. The third kappa shape index (κ3) is 4.60. The minimum Gasteiger partial charge on any atom is -0.469 e. The van der Waals surface area contributed by atoms with Crippen LogP contribution in [0.4, 0.5) is 8.78 Å². The number of hydrogen-bond donors (Lipinski definition) is 0. The molecule has 1 rings (SSSR count). The summed E-state index contributed by atoms with van der Waals surface area (Å²) < 4.78 is 35.5. The first-order chi connectivity index (χ1) is 9.47. The van der Waals surface area contributed by atoms with Crippen LogP contribution in [0.5, 0.6) is 0 Å². The van der Waals surface area contributed by atoms with Crippen LogP contribution in [-0.4, -0.2) is 26.2 Å². The van der Waals surface area contributed by atoms with E-state index in [0.717, 1.165) is 12.1 Å². The molecule has 0 N–H and O–H groups in total.